The van der Waals surface area contributed by atoms with Crippen molar-refractivity contribution in [1.29, 1.82) is 0 Å². The SMILES string of the molecule is On1c(-c2ccccc2F)nc2c1CCc1nonc1-2. The lowest BCUT2D eigenvalue weighted by atomic mass is 10.0. The van der Waals surface area contributed by atoms with Gasteiger partial charge in [0.15, 0.2) is 11.5 Å². The van der Waals surface area contributed by atoms with Crippen LogP contribution in [0.15, 0.2) is 28.9 Å². The lowest BCUT2D eigenvalue weighted by Crippen LogP contribution is -2.07. The van der Waals surface area contributed by atoms with Gasteiger partial charge in [-0.2, -0.15) is 4.73 Å². The second-order valence-electron chi connectivity index (χ2n) is 4.58. The van der Waals surface area contributed by atoms with Gasteiger partial charge in [0.25, 0.3) is 0 Å². The zero-order valence-electron chi connectivity index (χ0n) is 10.2. The van der Waals surface area contributed by atoms with E-state index in [1.165, 1.54) is 6.07 Å². The van der Waals surface area contributed by atoms with E-state index in [1.54, 1.807) is 18.2 Å². The quantitative estimate of drug-likeness (QED) is 0.686. The van der Waals surface area contributed by atoms with Crippen molar-refractivity contribution in [2.24, 2.45) is 0 Å². The minimum atomic E-state index is -0.441. The smallest absolute Gasteiger partial charge is 0.179 e. The van der Waals surface area contributed by atoms with Crippen LogP contribution < -0.4 is 0 Å². The molecule has 0 bridgehead atoms. The van der Waals surface area contributed by atoms with E-state index in [0.29, 0.717) is 35.6 Å². The zero-order valence-corrected chi connectivity index (χ0v) is 10.2. The number of hydrogen-bond donors (Lipinski definition) is 1. The zero-order chi connectivity index (χ0) is 13.7. The van der Waals surface area contributed by atoms with Gasteiger partial charge in [-0.1, -0.05) is 17.3 Å². The van der Waals surface area contributed by atoms with E-state index in [4.69, 9.17) is 4.63 Å². The van der Waals surface area contributed by atoms with Crippen LogP contribution in [-0.2, 0) is 12.8 Å². The molecule has 1 aromatic carbocycles. The summed E-state index contributed by atoms with van der Waals surface area (Å²) in [5.74, 6) is -0.285. The Labute approximate surface area is 112 Å². The molecule has 6 nitrogen and oxygen atoms in total. The molecule has 4 rings (SSSR count). The highest BCUT2D eigenvalue weighted by Crippen LogP contribution is 2.34. The average molecular weight is 272 g/mol. The number of benzene rings is 1. The first kappa shape index (κ1) is 11.2. The molecule has 0 saturated heterocycles. The molecule has 1 aliphatic rings. The van der Waals surface area contributed by atoms with Crippen LogP contribution in [0.5, 0.6) is 0 Å². The molecule has 0 saturated carbocycles. The van der Waals surface area contributed by atoms with Gasteiger partial charge < -0.3 is 5.21 Å². The number of hydrogen-bond acceptors (Lipinski definition) is 5. The highest BCUT2D eigenvalue weighted by molar-refractivity contribution is 5.68. The Hall–Kier alpha value is -2.70. The van der Waals surface area contributed by atoms with E-state index >= 15 is 0 Å². The van der Waals surface area contributed by atoms with Gasteiger partial charge in [-0.05, 0) is 23.7 Å². The van der Waals surface area contributed by atoms with Crippen LogP contribution in [0.25, 0.3) is 22.8 Å². The molecule has 7 heteroatoms. The normalized spacial score (nSPS) is 13.1. The number of fused-ring (bicyclic) bond motifs is 3. The molecule has 0 amide bonds. The van der Waals surface area contributed by atoms with Crippen molar-refractivity contribution in [2.45, 2.75) is 12.8 Å². The Bertz CT molecular complexity index is 809. The largest absolute Gasteiger partial charge is 0.427 e. The predicted molar refractivity (Wildman–Crippen MR) is 65.5 cm³/mol. The molecule has 2 aromatic heterocycles. The first-order chi connectivity index (χ1) is 9.75. The summed E-state index contributed by atoms with van der Waals surface area (Å²) in [5, 5.41) is 17.8. The molecule has 3 aromatic rings. The van der Waals surface area contributed by atoms with Gasteiger partial charge in [-0.3, -0.25) is 0 Å². The number of halogens is 1. The fraction of sp³-hybridized carbons (Fsp3) is 0.154. The summed E-state index contributed by atoms with van der Waals surface area (Å²) < 4.78 is 19.5. The number of aryl methyl sites for hydroxylation is 1. The molecule has 20 heavy (non-hydrogen) atoms. The summed E-state index contributed by atoms with van der Waals surface area (Å²) in [4.78, 5) is 4.31. The minimum Gasteiger partial charge on any atom is -0.427 e. The van der Waals surface area contributed by atoms with Gasteiger partial charge in [0.05, 0.1) is 11.3 Å². The van der Waals surface area contributed by atoms with Gasteiger partial charge in [-0.15, -0.1) is 0 Å². The average Bonchev–Trinajstić information content (AvgIpc) is 3.04. The van der Waals surface area contributed by atoms with Crippen LogP contribution in [0.3, 0.4) is 0 Å². The second kappa shape index (κ2) is 3.89. The minimum absolute atomic E-state index is 0.156. The van der Waals surface area contributed by atoms with Gasteiger partial charge in [0, 0.05) is 6.42 Å². The van der Waals surface area contributed by atoms with Crippen molar-refractivity contribution in [3.05, 3.63) is 41.5 Å². The molecule has 1 aliphatic carbocycles. The van der Waals surface area contributed by atoms with Crippen molar-refractivity contribution in [2.75, 3.05) is 0 Å². The fourth-order valence-corrected chi connectivity index (χ4v) is 2.46. The van der Waals surface area contributed by atoms with E-state index in [0.717, 1.165) is 4.73 Å². The molecule has 0 fully saturated rings. The topological polar surface area (TPSA) is 77.0 Å². The van der Waals surface area contributed by atoms with E-state index in [-0.39, 0.29) is 11.4 Å². The first-order valence-corrected chi connectivity index (χ1v) is 6.13. The van der Waals surface area contributed by atoms with Gasteiger partial charge >= 0.3 is 0 Å². The Morgan fingerprint density at radius 1 is 1.15 bits per heavy atom. The molecule has 0 unspecified atom stereocenters. The fourth-order valence-electron chi connectivity index (χ4n) is 2.46. The van der Waals surface area contributed by atoms with Crippen LogP contribution in [-0.4, -0.2) is 25.2 Å². The standard InChI is InChI=1S/C13H9FN4O2/c14-8-4-2-1-3-7(8)13-15-12-10(18(13)19)6-5-9-11(12)17-20-16-9/h1-4,19H,5-6H2. The summed E-state index contributed by atoms with van der Waals surface area (Å²) in [6.45, 7) is 0. The number of nitrogens with zero attached hydrogens (tertiary/aromatic N) is 4. The van der Waals surface area contributed by atoms with Crippen LogP contribution in [0.4, 0.5) is 4.39 Å². The second-order valence-corrected chi connectivity index (χ2v) is 4.58. The van der Waals surface area contributed by atoms with Crippen molar-refractivity contribution in [1.82, 2.24) is 20.0 Å². The Morgan fingerprint density at radius 3 is 2.85 bits per heavy atom. The third-order valence-electron chi connectivity index (χ3n) is 3.44. The summed E-state index contributed by atoms with van der Waals surface area (Å²) in [7, 11) is 0. The molecule has 1 N–H and O–H groups in total. The molecule has 100 valence electrons. The van der Waals surface area contributed by atoms with Crippen LogP contribution in [0.1, 0.15) is 11.4 Å². The highest BCUT2D eigenvalue weighted by atomic mass is 19.1. The van der Waals surface area contributed by atoms with Crippen LogP contribution >= 0.6 is 0 Å². The van der Waals surface area contributed by atoms with Gasteiger partial charge in [0.1, 0.15) is 17.2 Å². The van der Waals surface area contributed by atoms with E-state index in [2.05, 4.69) is 15.3 Å². The van der Waals surface area contributed by atoms with E-state index in [9.17, 15) is 9.60 Å². The molecular formula is C13H9FN4O2. The molecule has 0 aliphatic heterocycles. The number of imidazole rings is 1. The van der Waals surface area contributed by atoms with E-state index in [1.807, 2.05) is 0 Å². The summed E-state index contributed by atoms with van der Waals surface area (Å²) in [6.07, 6.45) is 1.16. The summed E-state index contributed by atoms with van der Waals surface area (Å²) >= 11 is 0. The molecule has 0 radical (unpaired) electrons. The van der Waals surface area contributed by atoms with Gasteiger partial charge in [0.2, 0.25) is 0 Å². The third kappa shape index (κ3) is 1.40. The summed E-state index contributed by atoms with van der Waals surface area (Å²) in [6, 6.07) is 6.17. The van der Waals surface area contributed by atoms with Crippen LogP contribution in [0.2, 0.25) is 0 Å². The number of rotatable bonds is 1. The lowest BCUT2D eigenvalue weighted by molar-refractivity contribution is 0.181. The molecule has 0 spiro atoms. The maximum Gasteiger partial charge on any atom is 0.179 e. The van der Waals surface area contributed by atoms with Crippen molar-refractivity contribution >= 4 is 0 Å². The molecular weight excluding hydrogens is 263 g/mol. The van der Waals surface area contributed by atoms with E-state index < -0.39 is 5.82 Å². The van der Waals surface area contributed by atoms with Crippen molar-refractivity contribution < 1.29 is 14.2 Å². The van der Waals surface area contributed by atoms with Crippen molar-refractivity contribution in [3.8, 4) is 22.8 Å². The molecule has 0 atom stereocenters. The van der Waals surface area contributed by atoms with Gasteiger partial charge in [-0.25, -0.2) is 14.0 Å². The highest BCUT2D eigenvalue weighted by Gasteiger charge is 2.29. The first-order valence-electron chi connectivity index (χ1n) is 6.13. The maximum atomic E-state index is 13.8. The molecule has 2 heterocycles. The Kier molecular flexibility index (Phi) is 2.17. The summed E-state index contributed by atoms with van der Waals surface area (Å²) in [5.41, 5.74) is 2.54. The Balaban J connectivity index is 1.96. The maximum absolute atomic E-state index is 13.8. The van der Waals surface area contributed by atoms with Crippen molar-refractivity contribution in [3.63, 3.8) is 0 Å². The number of aromatic nitrogens is 4. The lowest BCUT2D eigenvalue weighted by Gasteiger charge is -2.08. The van der Waals surface area contributed by atoms with Crippen LogP contribution in [0, 0.1) is 5.82 Å². The third-order valence-corrected chi connectivity index (χ3v) is 3.44. The Morgan fingerprint density at radius 2 is 2.00 bits per heavy atom. The monoisotopic (exact) mass is 272 g/mol. The predicted octanol–water partition coefficient (Wildman–Crippen LogP) is 2.08.